The highest BCUT2D eigenvalue weighted by Crippen LogP contribution is 2.18. The van der Waals surface area contributed by atoms with Crippen molar-refractivity contribution in [1.82, 2.24) is 20.2 Å². The van der Waals surface area contributed by atoms with Crippen LogP contribution >= 0.6 is 11.5 Å². The van der Waals surface area contributed by atoms with Crippen molar-refractivity contribution in [2.45, 2.75) is 31.8 Å². The van der Waals surface area contributed by atoms with Gasteiger partial charge in [0.2, 0.25) is 0 Å². The molecule has 1 aliphatic carbocycles. The van der Waals surface area contributed by atoms with Crippen LogP contribution in [0.4, 0.5) is 0 Å². The van der Waals surface area contributed by atoms with E-state index in [1.807, 2.05) is 6.20 Å². The van der Waals surface area contributed by atoms with Crippen molar-refractivity contribution in [2.75, 3.05) is 13.1 Å². The summed E-state index contributed by atoms with van der Waals surface area (Å²) in [6, 6.07) is 0.834. The van der Waals surface area contributed by atoms with Gasteiger partial charge in [0.15, 0.2) is 0 Å². The van der Waals surface area contributed by atoms with Gasteiger partial charge in [0.25, 0.3) is 0 Å². The van der Waals surface area contributed by atoms with Gasteiger partial charge < -0.3 is 10.6 Å². The molecular formula is C9H16N4S. The van der Waals surface area contributed by atoms with E-state index < -0.39 is 0 Å². The van der Waals surface area contributed by atoms with E-state index in [1.165, 1.54) is 35.7 Å². The van der Waals surface area contributed by atoms with Crippen LogP contribution in [0, 0.1) is 0 Å². The summed E-state index contributed by atoms with van der Waals surface area (Å²) in [5.74, 6) is 0. The summed E-state index contributed by atoms with van der Waals surface area (Å²) in [6.07, 6.45) is 5.77. The second-order valence-electron chi connectivity index (χ2n) is 3.64. The van der Waals surface area contributed by atoms with Crippen LogP contribution in [0.3, 0.4) is 0 Å². The molecule has 0 radical (unpaired) electrons. The van der Waals surface area contributed by atoms with E-state index >= 15 is 0 Å². The van der Waals surface area contributed by atoms with Gasteiger partial charge >= 0.3 is 0 Å². The fourth-order valence-corrected chi connectivity index (χ4v) is 1.74. The molecule has 14 heavy (non-hydrogen) atoms. The van der Waals surface area contributed by atoms with Gasteiger partial charge in [-0.3, -0.25) is 0 Å². The Hall–Kier alpha value is -0.520. The highest BCUT2D eigenvalue weighted by Gasteiger charge is 2.19. The molecule has 0 amide bonds. The fraction of sp³-hybridized carbons (Fsp3) is 0.778. The van der Waals surface area contributed by atoms with Crippen molar-refractivity contribution in [3.8, 4) is 0 Å². The Morgan fingerprint density at radius 2 is 2.36 bits per heavy atom. The third kappa shape index (κ3) is 3.69. The van der Waals surface area contributed by atoms with Gasteiger partial charge in [-0.2, -0.15) is 0 Å². The number of hydrogen-bond donors (Lipinski definition) is 2. The van der Waals surface area contributed by atoms with Crippen LogP contribution in [0.1, 0.15) is 24.1 Å². The van der Waals surface area contributed by atoms with Crippen molar-refractivity contribution in [3.05, 3.63) is 11.1 Å². The molecule has 0 atom stereocenters. The topological polar surface area (TPSA) is 49.8 Å². The van der Waals surface area contributed by atoms with Crippen LogP contribution in [0.25, 0.3) is 0 Å². The zero-order chi connectivity index (χ0) is 9.64. The average molecular weight is 212 g/mol. The minimum atomic E-state index is 0.834. The molecule has 1 saturated carbocycles. The summed E-state index contributed by atoms with van der Waals surface area (Å²) in [7, 11) is 0. The van der Waals surface area contributed by atoms with Gasteiger partial charge in [0.05, 0.1) is 11.1 Å². The van der Waals surface area contributed by atoms with E-state index in [-0.39, 0.29) is 0 Å². The molecule has 2 N–H and O–H groups in total. The quantitative estimate of drug-likeness (QED) is 0.656. The Balaban J connectivity index is 1.43. The SMILES string of the molecule is c1nnsc1CNCCCNC1CC1. The Labute approximate surface area is 88.3 Å². The van der Waals surface area contributed by atoms with Gasteiger partial charge in [-0.05, 0) is 43.9 Å². The number of rotatable bonds is 7. The molecule has 1 aromatic heterocycles. The maximum atomic E-state index is 3.81. The number of nitrogens with one attached hydrogen (secondary N) is 2. The maximum Gasteiger partial charge on any atom is 0.0666 e. The fourth-order valence-electron chi connectivity index (χ4n) is 1.28. The molecule has 1 aromatic rings. The summed E-state index contributed by atoms with van der Waals surface area (Å²) in [5.41, 5.74) is 0. The van der Waals surface area contributed by atoms with Crippen molar-refractivity contribution in [3.63, 3.8) is 0 Å². The summed E-state index contributed by atoms with van der Waals surface area (Å²) in [5, 5.41) is 10.6. The molecule has 0 unspecified atom stereocenters. The van der Waals surface area contributed by atoms with Crippen molar-refractivity contribution < 1.29 is 0 Å². The molecule has 78 valence electrons. The Bertz CT molecular complexity index is 245. The van der Waals surface area contributed by atoms with Crippen LogP contribution in [0.5, 0.6) is 0 Å². The number of nitrogens with zero attached hydrogens (tertiary/aromatic N) is 2. The van der Waals surface area contributed by atoms with E-state index in [0.29, 0.717) is 0 Å². The minimum absolute atomic E-state index is 0.834. The normalized spacial score (nSPS) is 16.0. The van der Waals surface area contributed by atoms with Gasteiger partial charge in [-0.15, -0.1) is 5.10 Å². The molecule has 1 fully saturated rings. The minimum Gasteiger partial charge on any atom is -0.314 e. The first-order valence-electron chi connectivity index (χ1n) is 5.15. The monoisotopic (exact) mass is 212 g/mol. The lowest BCUT2D eigenvalue weighted by Crippen LogP contribution is -2.22. The van der Waals surface area contributed by atoms with Crippen molar-refractivity contribution >= 4 is 11.5 Å². The lowest BCUT2D eigenvalue weighted by molar-refractivity contribution is 0.595. The van der Waals surface area contributed by atoms with E-state index in [4.69, 9.17) is 0 Å². The van der Waals surface area contributed by atoms with Crippen LogP contribution < -0.4 is 10.6 Å². The predicted octanol–water partition coefficient (Wildman–Crippen LogP) is 0.770. The number of hydrogen-bond acceptors (Lipinski definition) is 5. The molecule has 0 saturated heterocycles. The first kappa shape index (κ1) is 10.0. The second kappa shape index (κ2) is 5.38. The van der Waals surface area contributed by atoms with E-state index in [2.05, 4.69) is 20.2 Å². The molecule has 0 aromatic carbocycles. The summed E-state index contributed by atoms with van der Waals surface area (Å²) in [4.78, 5) is 1.21. The lowest BCUT2D eigenvalue weighted by atomic mass is 10.4. The standard InChI is InChI=1S/C9H16N4S/c1(5-11-8-2-3-8)4-10-6-9-7-12-13-14-9/h7-8,10-11H,1-6H2. The molecular weight excluding hydrogens is 196 g/mol. The largest absolute Gasteiger partial charge is 0.314 e. The summed E-state index contributed by atoms with van der Waals surface area (Å²) in [6.45, 7) is 3.11. The van der Waals surface area contributed by atoms with Crippen LogP contribution in [0.15, 0.2) is 6.20 Å². The van der Waals surface area contributed by atoms with E-state index in [1.54, 1.807) is 0 Å². The molecule has 1 aliphatic rings. The molecule has 0 spiro atoms. The maximum absolute atomic E-state index is 3.81. The van der Waals surface area contributed by atoms with Crippen LogP contribution in [-0.4, -0.2) is 28.7 Å². The molecule has 0 bridgehead atoms. The third-order valence-corrected chi connectivity index (χ3v) is 2.91. The predicted molar refractivity (Wildman–Crippen MR) is 57.3 cm³/mol. The van der Waals surface area contributed by atoms with Gasteiger partial charge in [0, 0.05) is 12.6 Å². The smallest absolute Gasteiger partial charge is 0.0666 e. The van der Waals surface area contributed by atoms with E-state index in [0.717, 1.165) is 25.7 Å². The average Bonchev–Trinajstić information content (AvgIpc) is 2.87. The van der Waals surface area contributed by atoms with E-state index in [9.17, 15) is 0 Å². The Morgan fingerprint density at radius 1 is 1.43 bits per heavy atom. The number of aromatic nitrogens is 2. The van der Waals surface area contributed by atoms with Gasteiger partial charge in [-0.1, -0.05) is 4.49 Å². The van der Waals surface area contributed by atoms with Crippen molar-refractivity contribution in [2.24, 2.45) is 0 Å². The zero-order valence-electron chi connectivity index (χ0n) is 8.20. The lowest BCUT2D eigenvalue weighted by Gasteiger charge is -2.03. The van der Waals surface area contributed by atoms with Crippen LogP contribution in [0.2, 0.25) is 0 Å². The summed E-state index contributed by atoms with van der Waals surface area (Å²) < 4.78 is 3.81. The first-order chi connectivity index (χ1) is 6.95. The Morgan fingerprint density at radius 3 is 3.07 bits per heavy atom. The zero-order valence-corrected chi connectivity index (χ0v) is 9.02. The highest BCUT2D eigenvalue weighted by atomic mass is 32.1. The molecule has 5 heteroatoms. The highest BCUT2D eigenvalue weighted by molar-refractivity contribution is 7.05. The third-order valence-electron chi connectivity index (χ3n) is 2.25. The molecule has 0 aliphatic heterocycles. The van der Waals surface area contributed by atoms with Crippen LogP contribution in [-0.2, 0) is 6.54 Å². The first-order valence-corrected chi connectivity index (χ1v) is 5.93. The van der Waals surface area contributed by atoms with Gasteiger partial charge in [-0.25, -0.2) is 0 Å². The van der Waals surface area contributed by atoms with Crippen molar-refractivity contribution in [1.29, 1.82) is 0 Å². The molecule has 2 rings (SSSR count). The van der Waals surface area contributed by atoms with Gasteiger partial charge in [0.1, 0.15) is 0 Å². The molecule has 1 heterocycles. The summed E-state index contributed by atoms with van der Waals surface area (Å²) >= 11 is 1.46. The Kier molecular flexibility index (Phi) is 3.85. The molecule has 4 nitrogen and oxygen atoms in total. The second-order valence-corrected chi connectivity index (χ2v) is 4.51.